The highest BCUT2D eigenvalue weighted by Gasteiger charge is 2.42. The van der Waals surface area contributed by atoms with Crippen LogP contribution < -0.4 is 20.5 Å². The van der Waals surface area contributed by atoms with E-state index in [2.05, 4.69) is 15.4 Å². The van der Waals surface area contributed by atoms with Crippen LogP contribution in [0.2, 0.25) is 0 Å². The highest BCUT2D eigenvalue weighted by Crippen LogP contribution is 2.46. The van der Waals surface area contributed by atoms with Crippen molar-refractivity contribution in [2.75, 3.05) is 25.3 Å². The number of fused-ring (bicyclic) bond motifs is 1. The zero-order chi connectivity index (χ0) is 24.0. The highest BCUT2D eigenvalue weighted by atomic mass is 16.6. The molecule has 0 saturated heterocycles. The van der Waals surface area contributed by atoms with E-state index in [9.17, 15) is 14.9 Å². The number of nitro groups is 1. The smallest absolute Gasteiger partial charge is 0.275 e. The average Bonchev–Trinajstić information content (AvgIpc) is 3.21. The van der Waals surface area contributed by atoms with Gasteiger partial charge in [-0.05, 0) is 36.1 Å². The maximum absolute atomic E-state index is 13.6. The van der Waals surface area contributed by atoms with Crippen LogP contribution >= 0.6 is 0 Å². The molecule has 0 unspecified atom stereocenters. The number of ether oxygens (including phenoxy) is 2. The van der Waals surface area contributed by atoms with Gasteiger partial charge in [0, 0.05) is 23.8 Å². The molecular formula is C23H22N6O5. The Labute approximate surface area is 194 Å². The van der Waals surface area contributed by atoms with Crippen molar-refractivity contribution in [2.45, 2.75) is 24.8 Å². The Morgan fingerprint density at radius 3 is 2.65 bits per heavy atom. The summed E-state index contributed by atoms with van der Waals surface area (Å²) in [4.78, 5) is 29.1. The quantitative estimate of drug-likeness (QED) is 0.431. The van der Waals surface area contributed by atoms with Crippen molar-refractivity contribution in [3.05, 3.63) is 75.0 Å². The number of methoxy groups -OCH3 is 2. The molecule has 2 heterocycles. The summed E-state index contributed by atoms with van der Waals surface area (Å²) in [6.07, 6.45) is 0.729. The van der Waals surface area contributed by atoms with E-state index in [1.807, 2.05) is 18.2 Å². The van der Waals surface area contributed by atoms with Crippen molar-refractivity contribution in [3.63, 3.8) is 0 Å². The Kier molecular flexibility index (Phi) is 5.16. The van der Waals surface area contributed by atoms with Gasteiger partial charge in [-0.3, -0.25) is 14.9 Å². The van der Waals surface area contributed by atoms with E-state index >= 15 is 0 Å². The minimum atomic E-state index is -0.809. The number of rotatable bonds is 5. The third kappa shape index (κ3) is 3.41. The summed E-state index contributed by atoms with van der Waals surface area (Å²) in [6.45, 7) is 0. The molecule has 1 aromatic heterocycles. The fourth-order valence-corrected chi connectivity index (χ4v) is 4.74. The van der Waals surface area contributed by atoms with Gasteiger partial charge in [0.15, 0.2) is 17.3 Å². The molecule has 0 saturated carbocycles. The summed E-state index contributed by atoms with van der Waals surface area (Å²) in [5, 5.41) is 19.2. The molecular weight excluding hydrogens is 440 g/mol. The summed E-state index contributed by atoms with van der Waals surface area (Å²) in [5.41, 5.74) is 8.11. The number of hydrogen-bond donors (Lipinski definition) is 2. The number of nitrogens with zero attached hydrogens (tertiary/aromatic N) is 4. The molecule has 0 fully saturated rings. The van der Waals surface area contributed by atoms with Gasteiger partial charge in [-0.1, -0.05) is 18.2 Å². The van der Waals surface area contributed by atoms with E-state index in [0.717, 1.165) is 5.56 Å². The summed E-state index contributed by atoms with van der Waals surface area (Å²) in [5.74, 6) is 1.27. The summed E-state index contributed by atoms with van der Waals surface area (Å²) in [7, 11) is 3.13. The molecule has 11 nitrogen and oxygen atoms in total. The molecule has 1 aliphatic carbocycles. The molecule has 5 rings (SSSR count). The lowest BCUT2D eigenvalue weighted by atomic mass is 9.77. The van der Waals surface area contributed by atoms with E-state index in [0.29, 0.717) is 40.7 Å². The number of nitrogens with two attached hydrogens (primary N) is 1. The summed E-state index contributed by atoms with van der Waals surface area (Å²) >= 11 is 0. The van der Waals surface area contributed by atoms with Crippen LogP contribution in [-0.2, 0) is 4.79 Å². The monoisotopic (exact) mass is 462 g/mol. The maximum Gasteiger partial charge on any atom is 0.275 e. The van der Waals surface area contributed by atoms with Crippen molar-refractivity contribution in [1.82, 2.24) is 14.8 Å². The number of nitrogen functional groups attached to an aromatic ring is 1. The number of ketones is 1. The number of hydrogen-bond acceptors (Lipinski definition) is 9. The second-order valence-electron chi connectivity index (χ2n) is 8.12. The Balaban J connectivity index is 1.61. The number of nitro benzene ring substituents is 1. The van der Waals surface area contributed by atoms with Gasteiger partial charge in [0.2, 0.25) is 11.9 Å². The lowest BCUT2D eigenvalue weighted by molar-refractivity contribution is -0.385. The lowest BCUT2D eigenvalue weighted by Crippen LogP contribution is -2.34. The molecule has 11 heteroatoms. The van der Waals surface area contributed by atoms with Crippen LogP contribution in [0.4, 0.5) is 17.6 Å². The number of carbonyl (C=O) groups excluding carboxylic acids is 1. The molecule has 2 aromatic carbocycles. The molecule has 0 radical (unpaired) electrons. The number of Topliss-reactive ketones (excluding diaryl/α,β-unsaturated/α-hetero) is 1. The molecule has 1 aliphatic heterocycles. The molecule has 2 atom stereocenters. The third-order valence-corrected chi connectivity index (χ3v) is 6.24. The Morgan fingerprint density at radius 1 is 1.15 bits per heavy atom. The molecule has 174 valence electrons. The van der Waals surface area contributed by atoms with E-state index in [4.69, 9.17) is 15.2 Å². The summed E-state index contributed by atoms with van der Waals surface area (Å²) < 4.78 is 12.2. The zero-order valence-corrected chi connectivity index (χ0v) is 18.5. The van der Waals surface area contributed by atoms with Crippen LogP contribution in [-0.4, -0.2) is 39.7 Å². The normalized spacial score (nSPS) is 19.2. The maximum atomic E-state index is 13.6. The van der Waals surface area contributed by atoms with Crippen LogP contribution in [0.1, 0.15) is 35.9 Å². The first-order valence-electron chi connectivity index (χ1n) is 10.6. The van der Waals surface area contributed by atoms with E-state index in [-0.39, 0.29) is 29.8 Å². The van der Waals surface area contributed by atoms with Gasteiger partial charge in [-0.2, -0.15) is 4.98 Å². The van der Waals surface area contributed by atoms with Gasteiger partial charge in [0.1, 0.15) is 6.04 Å². The summed E-state index contributed by atoms with van der Waals surface area (Å²) in [6, 6.07) is 11.1. The predicted molar refractivity (Wildman–Crippen MR) is 123 cm³/mol. The molecule has 34 heavy (non-hydrogen) atoms. The van der Waals surface area contributed by atoms with Crippen molar-refractivity contribution >= 4 is 23.4 Å². The predicted octanol–water partition coefficient (Wildman–Crippen LogP) is 3.20. The minimum absolute atomic E-state index is 0.00909. The number of carbonyl (C=O) groups is 1. The van der Waals surface area contributed by atoms with Gasteiger partial charge >= 0.3 is 0 Å². The van der Waals surface area contributed by atoms with E-state index in [1.54, 1.807) is 32.4 Å². The molecule has 0 bridgehead atoms. The fraction of sp³-hybridized carbons (Fsp3) is 0.261. The second kappa shape index (κ2) is 8.18. The van der Waals surface area contributed by atoms with Crippen molar-refractivity contribution in [3.8, 4) is 11.5 Å². The van der Waals surface area contributed by atoms with Gasteiger partial charge in [0.05, 0.1) is 24.7 Å². The van der Waals surface area contributed by atoms with E-state index in [1.165, 1.54) is 10.7 Å². The number of para-hydroxylation sites is 1. The van der Waals surface area contributed by atoms with Gasteiger partial charge < -0.3 is 20.5 Å². The van der Waals surface area contributed by atoms with Crippen LogP contribution in [0.15, 0.2) is 53.7 Å². The van der Waals surface area contributed by atoms with Crippen LogP contribution in [0.5, 0.6) is 11.5 Å². The van der Waals surface area contributed by atoms with Gasteiger partial charge in [-0.25, -0.2) is 4.68 Å². The molecule has 2 aliphatic rings. The van der Waals surface area contributed by atoms with Crippen LogP contribution in [0.3, 0.4) is 0 Å². The Morgan fingerprint density at radius 2 is 1.91 bits per heavy atom. The Hall–Kier alpha value is -4.41. The Bertz CT molecular complexity index is 1350. The third-order valence-electron chi connectivity index (χ3n) is 6.24. The highest BCUT2D eigenvalue weighted by molar-refractivity contribution is 6.00. The first-order chi connectivity index (χ1) is 16.4. The standard InChI is InChI=1S/C23H22N6O5/c1-33-18-8-7-12(11-19(18)34-2)13-9-15-20(17(30)10-13)21(28-23(25-15)26-22(24)27-28)14-5-3-4-6-16(14)29(31)32/h3-8,11,13,21H,9-10H2,1-2H3,(H3,24,25,26,27)/t13-,21-/m0/s1. The van der Waals surface area contributed by atoms with Crippen LogP contribution in [0.25, 0.3) is 0 Å². The van der Waals surface area contributed by atoms with Gasteiger partial charge in [0.25, 0.3) is 5.69 Å². The molecule has 3 aromatic rings. The molecule has 0 spiro atoms. The second-order valence-corrected chi connectivity index (χ2v) is 8.12. The molecule has 3 N–H and O–H groups in total. The molecule has 0 amide bonds. The minimum Gasteiger partial charge on any atom is -0.493 e. The first kappa shape index (κ1) is 21.4. The number of benzene rings is 2. The van der Waals surface area contributed by atoms with Crippen molar-refractivity contribution in [2.24, 2.45) is 0 Å². The van der Waals surface area contributed by atoms with Gasteiger partial charge in [-0.15, -0.1) is 5.10 Å². The number of aromatic nitrogens is 3. The van der Waals surface area contributed by atoms with Crippen molar-refractivity contribution in [1.29, 1.82) is 0 Å². The number of nitrogens with one attached hydrogen (secondary N) is 1. The zero-order valence-electron chi connectivity index (χ0n) is 18.5. The first-order valence-corrected chi connectivity index (χ1v) is 10.6. The lowest BCUT2D eigenvalue weighted by Gasteiger charge is -2.35. The average molecular weight is 462 g/mol. The van der Waals surface area contributed by atoms with Crippen molar-refractivity contribution < 1.29 is 19.2 Å². The van der Waals surface area contributed by atoms with E-state index < -0.39 is 11.0 Å². The largest absolute Gasteiger partial charge is 0.493 e. The van der Waals surface area contributed by atoms with Crippen LogP contribution in [0, 0.1) is 10.1 Å². The fourth-order valence-electron chi connectivity index (χ4n) is 4.74. The number of allylic oxidation sites excluding steroid dienone is 2. The topological polar surface area (TPSA) is 147 Å². The number of anilines is 2. The SMILES string of the molecule is COc1ccc([C@@H]2CC(=O)C3=C(C2)Nc2nc(N)nn2[C@H]3c2ccccc2[N+](=O)[O-])cc1OC.